The number of hydrogen-bond donors (Lipinski definition) is 1. The molecule has 0 fully saturated rings. The smallest absolute Gasteiger partial charge is 0.224 e. The topological polar surface area (TPSA) is 29.1 Å². The van der Waals surface area contributed by atoms with Gasteiger partial charge in [-0.3, -0.25) is 4.79 Å². The summed E-state index contributed by atoms with van der Waals surface area (Å²) in [5.74, 6) is 0.527. The van der Waals surface area contributed by atoms with E-state index >= 15 is 0 Å². The number of alkyl halides is 1. The molecule has 0 aromatic heterocycles. The molecule has 1 rings (SSSR count). The normalized spacial score (nSPS) is 10.2. The zero-order chi connectivity index (χ0) is 12.0. The van der Waals surface area contributed by atoms with E-state index in [-0.39, 0.29) is 5.91 Å². The van der Waals surface area contributed by atoms with Gasteiger partial charge >= 0.3 is 0 Å². The molecule has 0 saturated heterocycles. The van der Waals surface area contributed by atoms with E-state index in [1.54, 1.807) is 18.2 Å². The standard InChI is InChI=1S/C11H12Cl3NO/c12-4-2-1-3-11(16)15-10-6-8(13)5-9(14)7-10/h5-7H,1-4H2,(H,15,16). The van der Waals surface area contributed by atoms with E-state index in [0.29, 0.717) is 28.0 Å². The van der Waals surface area contributed by atoms with Crippen molar-refractivity contribution in [3.05, 3.63) is 28.2 Å². The number of halogens is 3. The Morgan fingerprint density at radius 3 is 2.31 bits per heavy atom. The van der Waals surface area contributed by atoms with Crippen LogP contribution in [0.5, 0.6) is 0 Å². The number of unbranched alkanes of at least 4 members (excludes halogenated alkanes) is 1. The number of rotatable bonds is 5. The summed E-state index contributed by atoms with van der Waals surface area (Å²) >= 11 is 17.1. The molecule has 0 atom stereocenters. The van der Waals surface area contributed by atoms with Gasteiger partial charge in [-0.15, -0.1) is 11.6 Å². The Morgan fingerprint density at radius 2 is 1.75 bits per heavy atom. The van der Waals surface area contributed by atoms with Crippen LogP contribution in [-0.4, -0.2) is 11.8 Å². The summed E-state index contributed by atoms with van der Waals surface area (Å²) in [4.78, 5) is 11.5. The lowest BCUT2D eigenvalue weighted by Crippen LogP contribution is -2.11. The number of amides is 1. The second-order valence-electron chi connectivity index (χ2n) is 3.35. The Kier molecular flexibility index (Phi) is 5.96. The Labute approximate surface area is 110 Å². The largest absolute Gasteiger partial charge is 0.326 e. The highest BCUT2D eigenvalue weighted by Crippen LogP contribution is 2.22. The first kappa shape index (κ1) is 13.6. The van der Waals surface area contributed by atoms with Crippen molar-refractivity contribution >= 4 is 46.4 Å². The third-order valence-corrected chi connectivity index (χ3v) is 2.64. The first-order chi connectivity index (χ1) is 7.61. The number of nitrogens with one attached hydrogen (secondary N) is 1. The van der Waals surface area contributed by atoms with Crippen LogP contribution in [0.25, 0.3) is 0 Å². The number of anilines is 1. The van der Waals surface area contributed by atoms with Gasteiger partial charge in [0.1, 0.15) is 0 Å². The van der Waals surface area contributed by atoms with E-state index in [4.69, 9.17) is 34.8 Å². The molecule has 2 nitrogen and oxygen atoms in total. The summed E-state index contributed by atoms with van der Waals surface area (Å²) in [6.07, 6.45) is 2.08. The van der Waals surface area contributed by atoms with E-state index in [2.05, 4.69) is 5.32 Å². The van der Waals surface area contributed by atoms with Gasteiger partial charge in [0.15, 0.2) is 0 Å². The molecule has 1 aromatic rings. The highest BCUT2D eigenvalue weighted by atomic mass is 35.5. The zero-order valence-corrected chi connectivity index (χ0v) is 10.9. The van der Waals surface area contributed by atoms with Crippen molar-refractivity contribution in [2.75, 3.05) is 11.2 Å². The minimum Gasteiger partial charge on any atom is -0.326 e. The molecule has 0 heterocycles. The molecule has 0 radical (unpaired) electrons. The molecule has 0 unspecified atom stereocenters. The van der Waals surface area contributed by atoms with E-state index in [1.165, 1.54) is 0 Å². The number of carbonyl (C=O) groups excluding carboxylic acids is 1. The average Bonchev–Trinajstić information content (AvgIpc) is 2.16. The van der Waals surface area contributed by atoms with Crippen LogP contribution < -0.4 is 5.32 Å². The van der Waals surface area contributed by atoms with Gasteiger partial charge in [0, 0.05) is 28.0 Å². The maximum Gasteiger partial charge on any atom is 0.224 e. The van der Waals surface area contributed by atoms with Crippen molar-refractivity contribution < 1.29 is 4.79 Å². The molecule has 1 amide bonds. The van der Waals surface area contributed by atoms with Gasteiger partial charge < -0.3 is 5.32 Å². The average molecular weight is 281 g/mol. The molecular formula is C11H12Cl3NO. The second kappa shape index (κ2) is 7.00. The second-order valence-corrected chi connectivity index (χ2v) is 4.60. The summed E-state index contributed by atoms with van der Waals surface area (Å²) in [7, 11) is 0. The molecule has 0 aliphatic rings. The quantitative estimate of drug-likeness (QED) is 0.631. The summed E-state index contributed by atoms with van der Waals surface area (Å²) in [5.41, 5.74) is 0.619. The molecular weight excluding hydrogens is 268 g/mol. The summed E-state index contributed by atoms with van der Waals surface area (Å²) in [6, 6.07) is 4.94. The fourth-order valence-corrected chi connectivity index (χ4v) is 1.94. The van der Waals surface area contributed by atoms with Gasteiger partial charge in [-0.1, -0.05) is 23.2 Å². The minimum absolute atomic E-state index is 0.0524. The SMILES string of the molecule is O=C(CCCCCl)Nc1cc(Cl)cc(Cl)c1. The van der Waals surface area contributed by atoms with Crippen molar-refractivity contribution in [1.82, 2.24) is 0 Å². The molecule has 0 bridgehead atoms. The Balaban J connectivity index is 2.49. The number of benzene rings is 1. The summed E-state index contributed by atoms with van der Waals surface area (Å²) < 4.78 is 0. The van der Waals surface area contributed by atoms with E-state index in [0.717, 1.165) is 12.8 Å². The Morgan fingerprint density at radius 1 is 1.12 bits per heavy atom. The van der Waals surface area contributed by atoms with Crippen molar-refractivity contribution in [2.24, 2.45) is 0 Å². The van der Waals surface area contributed by atoms with Crippen molar-refractivity contribution in [3.8, 4) is 0 Å². The molecule has 88 valence electrons. The van der Waals surface area contributed by atoms with Crippen LogP contribution in [-0.2, 0) is 4.79 Å². The van der Waals surface area contributed by atoms with Gasteiger partial charge in [-0.2, -0.15) is 0 Å². The summed E-state index contributed by atoms with van der Waals surface area (Å²) in [6.45, 7) is 0. The lowest BCUT2D eigenvalue weighted by atomic mass is 10.2. The molecule has 0 spiro atoms. The van der Waals surface area contributed by atoms with Gasteiger partial charge in [-0.25, -0.2) is 0 Å². The predicted molar refractivity (Wildman–Crippen MR) is 69.7 cm³/mol. The molecule has 1 aromatic carbocycles. The first-order valence-electron chi connectivity index (χ1n) is 4.93. The maximum absolute atomic E-state index is 11.5. The Bertz CT molecular complexity index is 348. The van der Waals surface area contributed by atoms with Gasteiger partial charge in [-0.05, 0) is 31.0 Å². The highest BCUT2D eigenvalue weighted by Gasteiger charge is 2.03. The van der Waals surface area contributed by atoms with E-state index in [1.807, 2.05) is 0 Å². The van der Waals surface area contributed by atoms with Crippen LogP contribution in [0, 0.1) is 0 Å². The third kappa shape index (κ3) is 5.06. The lowest BCUT2D eigenvalue weighted by molar-refractivity contribution is -0.116. The van der Waals surface area contributed by atoms with Crippen LogP contribution in [0.3, 0.4) is 0 Å². The molecule has 5 heteroatoms. The number of carbonyl (C=O) groups is 1. The maximum atomic E-state index is 11.5. The molecule has 0 saturated carbocycles. The Hall–Kier alpha value is -0.440. The third-order valence-electron chi connectivity index (χ3n) is 1.93. The highest BCUT2D eigenvalue weighted by molar-refractivity contribution is 6.35. The molecule has 1 N–H and O–H groups in total. The van der Waals surface area contributed by atoms with Crippen LogP contribution >= 0.6 is 34.8 Å². The van der Waals surface area contributed by atoms with E-state index in [9.17, 15) is 4.79 Å². The van der Waals surface area contributed by atoms with Gasteiger partial charge in [0.25, 0.3) is 0 Å². The molecule has 16 heavy (non-hydrogen) atoms. The molecule has 0 aliphatic heterocycles. The monoisotopic (exact) mass is 279 g/mol. The number of hydrogen-bond acceptors (Lipinski definition) is 1. The van der Waals surface area contributed by atoms with Crippen LogP contribution in [0.15, 0.2) is 18.2 Å². The fourth-order valence-electron chi connectivity index (χ4n) is 1.23. The van der Waals surface area contributed by atoms with Crippen molar-refractivity contribution in [2.45, 2.75) is 19.3 Å². The van der Waals surface area contributed by atoms with Crippen LogP contribution in [0.2, 0.25) is 10.0 Å². The van der Waals surface area contributed by atoms with Crippen molar-refractivity contribution in [3.63, 3.8) is 0 Å². The van der Waals surface area contributed by atoms with Crippen molar-refractivity contribution in [1.29, 1.82) is 0 Å². The zero-order valence-electron chi connectivity index (χ0n) is 8.60. The molecule has 0 aliphatic carbocycles. The first-order valence-corrected chi connectivity index (χ1v) is 6.23. The van der Waals surface area contributed by atoms with Crippen LogP contribution in [0.1, 0.15) is 19.3 Å². The lowest BCUT2D eigenvalue weighted by Gasteiger charge is -2.05. The fraction of sp³-hybridized carbons (Fsp3) is 0.364. The van der Waals surface area contributed by atoms with E-state index < -0.39 is 0 Å². The summed E-state index contributed by atoms with van der Waals surface area (Å²) in [5, 5.41) is 3.74. The van der Waals surface area contributed by atoms with Gasteiger partial charge in [0.05, 0.1) is 0 Å². The van der Waals surface area contributed by atoms with Gasteiger partial charge in [0.2, 0.25) is 5.91 Å². The van der Waals surface area contributed by atoms with Crippen LogP contribution in [0.4, 0.5) is 5.69 Å². The predicted octanol–water partition coefficient (Wildman–Crippen LogP) is 4.34. The minimum atomic E-state index is -0.0524.